The molecule has 0 spiro atoms. The van der Waals surface area contributed by atoms with Crippen LogP contribution in [0.25, 0.3) is 21.1 Å². The number of thiazole rings is 1. The van der Waals surface area contributed by atoms with Crippen molar-refractivity contribution in [1.82, 2.24) is 14.9 Å². The zero-order chi connectivity index (χ0) is 20.5. The molecule has 2 aromatic carbocycles. The van der Waals surface area contributed by atoms with E-state index in [2.05, 4.69) is 16.0 Å². The Labute approximate surface area is 178 Å². The smallest absolute Gasteiger partial charge is 0.254 e. The summed E-state index contributed by atoms with van der Waals surface area (Å²) >= 11 is 1.68. The summed E-state index contributed by atoms with van der Waals surface area (Å²) in [5.41, 5.74) is 9.42. The lowest BCUT2D eigenvalue weighted by atomic mass is 9.49. The molecule has 2 N–H and O–H groups in total. The highest BCUT2D eigenvalue weighted by Gasteiger charge is 2.61. The van der Waals surface area contributed by atoms with Gasteiger partial charge in [-0.3, -0.25) is 4.79 Å². The minimum Gasteiger partial charge on any atom is -0.383 e. The number of pyridine rings is 1. The van der Waals surface area contributed by atoms with Gasteiger partial charge in [0.1, 0.15) is 10.8 Å². The highest BCUT2D eigenvalue weighted by Crippen LogP contribution is 2.61. The number of aryl methyl sites for hydroxylation is 1. The molecule has 0 radical (unpaired) electrons. The summed E-state index contributed by atoms with van der Waals surface area (Å²) in [7, 11) is 0. The highest BCUT2D eigenvalue weighted by molar-refractivity contribution is 7.18. The van der Waals surface area contributed by atoms with Gasteiger partial charge in [-0.25, -0.2) is 9.97 Å². The van der Waals surface area contributed by atoms with Crippen LogP contribution >= 0.6 is 11.3 Å². The predicted octanol–water partition coefficient (Wildman–Crippen LogP) is 4.93. The van der Waals surface area contributed by atoms with Crippen molar-refractivity contribution in [2.24, 2.45) is 5.92 Å². The first-order valence-electron chi connectivity index (χ1n) is 10.3. The number of para-hydroxylation sites is 1. The molecule has 3 saturated carbocycles. The first kappa shape index (κ1) is 17.8. The first-order chi connectivity index (χ1) is 14.5. The molecule has 3 fully saturated rings. The van der Waals surface area contributed by atoms with Crippen LogP contribution in [0.4, 0.5) is 5.82 Å². The van der Waals surface area contributed by atoms with Gasteiger partial charge in [0.05, 0.1) is 22.3 Å². The van der Waals surface area contributed by atoms with E-state index < -0.39 is 0 Å². The minimum atomic E-state index is 0.0177. The number of carbonyl (C=O) groups excluding carboxylic acids is 1. The van der Waals surface area contributed by atoms with Crippen molar-refractivity contribution in [1.29, 1.82) is 0 Å². The molecule has 2 bridgehead atoms. The van der Waals surface area contributed by atoms with E-state index in [1.165, 1.54) is 4.70 Å². The molecule has 7 rings (SSSR count). The number of rotatable bonds is 4. The van der Waals surface area contributed by atoms with E-state index in [-0.39, 0.29) is 11.4 Å². The number of amides is 1. The number of benzene rings is 2. The molecule has 150 valence electrons. The van der Waals surface area contributed by atoms with Crippen LogP contribution in [0.3, 0.4) is 0 Å². The van der Waals surface area contributed by atoms with Gasteiger partial charge in [0.15, 0.2) is 0 Å². The van der Waals surface area contributed by atoms with Crippen LogP contribution in [0.2, 0.25) is 0 Å². The monoisotopic (exact) mass is 414 g/mol. The summed E-state index contributed by atoms with van der Waals surface area (Å²) in [6.07, 6.45) is 3.36. The maximum absolute atomic E-state index is 13.7. The average molecular weight is 415 g/mol. The fourth-order valence-electron chi connectivity index (χ4n) is 4.93. The highest BCUT2D eigenvalue weighted by atomic mass is 32.1. The predicted molar refractivity (Wildman–Crippen MR) is 120 cm³/mol. The Morgan fingerprint density at radius 2 is 1.93 bits per heavy atom. The van der Waals surface area contributed by atoms with Crippen LogP contribution in [0, 0.1) is 12.8 Å². The molecular formula is C24H22N4OS. The topological polar surface area (TPSA) is 72.1 Å². The molecule has 5 nitrogen and oxygen atoms in total. The Morgan fingerprint density at radius 3 is 2.67 bits per heavy atom. The average Bonchev–Trinajstić information content (AvgIpc) is 3.07. The molecule has 0 atom stereocenters. The molecule has 6 heteroatoms. The number of anilines is 1. The SMILES string of the molecule is Cc1cc2cc(C(=O)N(Cc3nc4ccccc4s3)C34CC(C3)C4)ccc2nc1N. The van der Waals surface area contributed by atoms with Gasteiger partial charge in [-0.1, -0.05) is 12.1 Å². The van der Waals surface area contributed by atoms with Crippen molar-refractivity contribution in [2.45, 2.75) is 38.3 Å². The van der Waals surface area contributed by atoms with Crippen molar-refractivity contribution in [3.63, 3.8) is 0 Å². The van der Waals surface area contributed by atoms with E-state index in [0.717, 1.165) is 52.2 Å². The number of hydrogen-bond acceptors (Lipinski definition) is 5. The summed E-state index contributed by atoms with van der Waals surface area (Å²) in [5, 5.41) is 1.95. The number of aromatic nitrogens is 2. The first-order valence-corrected chi connectivity index (χ1v) is 11.2. The van der Waals surface area contributed by atoms with Crippen molar-refractivity contribution in [3.05, 3.63) is 64.7 Å². The fraction of sp³-hybridized carbons (Fsp3) is 0.292. The Kier molecular flexibility index (Phi) is 3.72. The lowest BCUT2D eigenvalue weighted by Gasteiger charge is -2.66. The minimum absolute atomic E-state index is 0.0177. The van der Waals surface area contributed by atoms with Crippen molar-refractivity contribution >= 4 is 44.2 Å². The molecule has 3 aliphatic carbocycles. The van der Waals surface area contributed by atoms with Crippen LogP contribution in [0.15, 0.2) is 48.5 Å². The maximum atomic E-state index is 13.7. The second-order valence-electron chi connectivity index (χ2n) is 8.77. The van der Waals surface area contributed by atoms with Gasteiger partial charge >= 0.3 is 0 Å². The molecule has 2 aromatic heterocycles. The van der Waals surface area contributed by atoms with E-state index >= 15 is 0 Å². The van der Waals surface area contributed by atoms with Crippen LogP contribution in [-0.2, 0) is 6.54 Å². The Bertz CT molecular complexity index is 1280. The van der Waals surface area contributed by atoms with Gasteiger partial charge in [-0.15, -0.1) is 11.3 Å². The second kappa shape index (κ2) is 6.25. The normalized spacial score (nSPS) is 22.0. The number of nitrogens with zero attached hydrogens (tertiary/aromatic N) is 3. The maximum Gasteiger partial charge on any atom is 0.254 e. The molecule has 0 saturated heterocycles. The molecule has 3 aliphatic rings. The van der Waals surface area contributed by atoms with Gasteiger partial charge in [0.25, 0.3) is 5.91 Å². The van der Waals surface area contributed by atoms with Crippen molar-refractivity contribution in [2.75, 3.05) is 5.73 Å². The zero-order valence-electron chi connectivity index (χ0n) is 16.8. The molecule has 0 aliphatic heterocycles. The van der Waals surface area contributed by atoms with Crippen LogP contribution < -0.4 is 5.73 Å². The number of nitrogens with two attached hydrogens (primary N) is 1. The lowest BCUT2D eigenvalue weighted by molar-refractivity contribution is -0.127. The molecule has 30 heavy (non-hydrogen) atoms. The molecular weight excluding hydrogens is 392 g/mol. The van der Waals surface area contributed by atoms with Crippen molar-refractivity contribution in [3.8, 4) is 0 Å². The standard InChI is InChI=1S/C24H22N4OS/c1-14-8-17-9-16(6-7-18(17)27-22(14)25)23(29)28(24-10-15(11-24)12-24)13-21-26-19-4-2-3-5-20(19)30-21/h2-9,15H,10-13H2,1H3,(H2,25,27). The second-order valence-corrected chi connectivity index (χ2v) is 9.88. The lowest BCUT2D eigenvalue weighted by Crippen LogP contribution is -2.69. The number of fused-ring (bicyclic) bond motifs is 2. The third-order valence-electron chi connectivity index (χ3n) is 6.75. The molecule has 4 aromatic rings. The van der Waals surface area contributed by atoms with Gasteiger partial charge < -0.3 is 10.6 Å². The summed E-state index contributed by atoms with van der Waals surface area (Å²) < 4.78 is 1.17. The van der Waals surface area contributed by atoms with Crippen LogP contribution in [0.5, 0.6) is 0 Å². The van der Waals surface area contributed by atoms with E-state index in [1.807, 2.05) is 49.4 Å². The van der Waals surface area contributed by atoms with E-state index in [4.69, 9.17) is 10.7 Å². The molecule has 2 heterocycles. The summed E-state index contributed by atoms with van der Waals surface area (Å²) in [4.78, 5) is 25.0. The quantitative estimate of drug-likeness (QED) is 0.514. The van der Waals surface area contributed by atoms with Crippen molar-refractivity contribution < 1.29 is 4.79 Å². The zero-order valence-corrected chi connectivity index (χ0v) is 17.6. The van der Waals surface area contributed by atoms with E-state index in [9.17, 15) is 4.79 Å². The number of carbonyl (C=O) groups is 1. The molecule has 1 amide bonds. The summed E-state index contributed by atoms with van der Waals surface area (Å²) in [6, 6.07) is 15.9. The van der Waals surface area contributed by atoms with Gasteiger partial charge in [-0.2, -0.15) is 0 Å². The largest absolute Gasteiger partial charge is 0.383 e. The van der Waals surface area contributed by atoms with Gasteiger partial charge in [-0.05, 0) is 74.1 Å². The van der Waals surface area contributed by atoms with Crippen LogP contribution in [-0.4, -0.2) is 26.3 Å². The number of nitrogen functional groups attached to an aromatic ring is 1. The Hall–Kier alpha value is -2.99. The Balaban J connectivity index is 1.37. The summed E-state index contributed by atoms with van der Waals surface area (Å²) in [5.74, 6) is 1.42. The van der Waals surface area contributed by atoms with E-state index in [1.54, 1.807) is 11.3 Å². The van der Waals surface area contributed by atoms with Crippen LogP contribution in [0.1, 0.15) is 40.2 Å². The number of hydrogen-bond donors (Lipinski definition) is 1. The third kappa shape index (κ3) is 2.63. The van der Waals surface area contributed by atoms with E-state index in [0.29, 0.717) is 17.9 Å². The molecule has 0 unspecified atom stereocenters. The van der Waals surface area contributed by atoms with Gasteiger partial charge in [0.2, 0.25) is 0 Å². The van der Waals surface area contributed by atoms with Gasteiger partial charge in [0, 0.05) is 16.5 Å². The summed E-state index contributed by atoms with van der Waals surface area (Å²) in [6.45, 7) is 2.51. The third-order valence-corrected chi connectivity index (χ3v) is 7.77. The fourth-order valence-corrected chi connectivity index (χ4v) is 5.88. The Morgan fingerprint density at radius 1 is 1.13 bits per heavy atom.